The van der Waals surface area contributed by atoms with Gasteiger partial charge >= 0.3 is 0 Å². The van der Waals surface area contributed by atoms with E-state index < -0.39 is 22.6 Å². The van der Waals surface area contributed by atoms with E-state index in [1.54, 1.807) is 38.6 Å². The second kappa shape index (κ2) is 16.5. The minimum absolute atomic E-state index is 0.0424. The van der Waals surface area contributed by atoms with Gasteiger partial charge in [0.2, 0.25) is 11.8 Å². The molecule has 3 aliphatic rings. The number of ether oxygens (including phenoxy) is 1. The van der Waals surface area contributed by atoms with Gasteiger partial charge in [0.15, 0.2) is 0 Å². The average Bonchev–Trinajstić information content (AvgIpc) is 3.72. The van der Waals surface area contributed by atoms with Crippen LogP contribution in [0.3, 0.4) is 0 Å². The van der Waals surface area contributed by atoms with Crippen LogP contribution in [0.5, 0.6) is 5.75 Å². The topological polar surface area (TPSA) is 93.6 Å². The summed E-state index contributed by atoms with van der Waals surface area (Å²) >= 11 is 1.69. The van der Waals surface area contributed by atoms with Crippen molar-refractivity contribution in [3.05, 3.63) is 73.8 Å². The molecule has 2 bridgehead atoms. The van der Waals surface area contributed by atoms with Crippen molar-refractivity contribution in [3.8, 4) is 5.75 Å². The fourth-order valence-electron chi connectivity index (χ4n) is 8.44. The third-order valence-corrected chi connectivity index (χ3v) is 12.8. The number of fused-ring (bicyclic) bond motifs is 1. The van der Waals surface area contributed by atoms with E-state index in [1.807, 2.05) is 55.5 Å². The molecule has 1 N–H and O–H groups in total. The molecule has 3 unspecified atom stereocenters. The number of aliphatic hydroxyl groups is 1. The van der Waals surface area contributed by atoms with Gasteiger partial charge in [-0.05, 0) is 101 Å². The molecule has 3 saturated heterocycles. The number of hydrogen-bond acceptors (Lipinski definition) is 7. The van der Waals surface area contributed by atoms with Gasteiger partial charge in [-0.3, -0.25) is 14.4 Å². The molecule has 50 heavy (non-hydrogen) atoms. The number of amides is 3. The zero-order valence-corrected chi connectivity index (χ0v) is 30.9. The summed E-state index contributed by atoms with van der Waals surface area (Å²) in [6, 6.07) is 14.8. The zero-order valence-electron chi connectivity index (χ0n) is 30.1. The molecule has 1 spiro atoms. The van der Waals surface area contributed by atoms with Crippen molar-refractivity contribution in [1.82, 2.24) is 4.90 Å². The van der Waals surface area contributed by atoms with Crippen molar-refractivity contribution >= 4 is 46.5 Å². The number of carbonyl (C=O) groups is 3. The molecule has 0 radical (unpaired) electrons. The maximum absolute atomic E-state index is 15.1. The first kappa shape index (κ1) is 37.5. The molecule has 5 rings (SSSR count). The molecule has 3 fully saturated rings. The summed E-state index contributed by atoms with van der Waals surface area (Å²) in [6.07, 6.45) is 6.21. The summed E-state index contributed by atoms with van der Waals surface area (Å²) in [5, 5.41) is 9.37. The van der Waals surface area contributed by atoms with Crippen LogP contribution in [0.4, 0.5) is 17.1 Å². The van der Waals surface area contributed by atoms with Crippen LogP contribution in [0, 0.1) is 17.8 Å². The number of carbonyl (C=O) groups excluding carboxylic acids is 3. The van der Waals surface area contributed by atoms with E-state index in [0.717, 1.165) is 48.7 Å². The van der Waals surface area contributed by atoms with Crippen LogP contribution in [0.1, 0.15) is 53.4 Å². The molecule has 0 saturated carbocycles. The second-order valence-corrected chi connectivity index (χ2v) is 15.0. The smallest absolute Gasteiger partial charge is 0.251 e. The van der Waals surface area contributed by atoms with Crippen LogP contribution >= 0.6 is 11.8 Å². The molecule has 6 atom stereocenters. The SMILES string of the molecule is C=CCN(C(=O)C1N(CCCCCO)C(=O)[C@@H]2[C@@H](C(=O)N(CC=C)c3ccc(OCC)cc3)[C@H]3CC(C)C12S3)c1ccc(N(CC)CC)cc1. The van der Waals surface area contributed by atoms with E-state index in [4.69, 9.17) is 4.74 Å². The minimum Gasteiger partial charge on any atom is -0.494 e. The van der Waals surface area contributed by atoms with E-state index in [9.17, 15) is 14.7 Å². The Morgan fingerprint density at radius 2 is 1.50 bits per heavy atom. The largest absolute Gasteiger partial charge is 0.494 e. The number of aliphatic hydroxyl groups excluding tert-OH is 1. The highest BCUT2D eigenvalue weighted by atomic mass is 32.2. The van der Waals surface area contributed by atoms with Gasteiger partial charge in [0.25, 0.3) is 5.91 Å². The molecular weight excluding hydrogens is 649 g/mol. The molecule has 0 aromatic heterocycles. The summed E-state index contributed by atoms with van der Waals surface area (Å²) in [5.74, 6) is -0.807. The predicted octanol–water partition coefficient (Wildman–Crippen LogP) is 6.17. The Bertz CT molecular complexity index is 1510. The lowest BCUT2D eigenvalue weighted by atomic mass is 9.65. The fourth-order valence-corrected chi connectivity index (χ4v) is 10.9. The van der Waals surface area contributed by atoms with Crippen LogP contribution in [0.15, 0.2) is 73.8 Å². The molecule has 3 aliphatic heterocycles. The van der Waals surface area contributed by atoms with E-state index in [2.05, 4.69) is 38.8 Å². The summed E-state index contributed by atoms with van der Waals surface area (Å²) in [6.45, 7) is 19.6. The van der Waals surface area contributed by atoms with E-state index in [-0.39, 0.29) is 35.5 Å². The van der Waals surface area contributed by atoms with Crippen molar-refractivity contribution in [2.75, 3.05) is 60.6 Å². The van der Waals surface area contributed by atoms with Crippen molar-refractivity contribution in [2.24, 2.45) is 17.8 Å². The lowest BCUT2D eigenvalue weighted by Crippen LogP contribution is -2.57. The van der Waals surface area contributed by atoms with Gasteiger partial charge in [-0.1, -0.05) is 19.1 Å². The maximum Gasteiger partial charge on any atom is 0.251 e. The number of benzene rings is 2. The number of anilines is 3. The molecular formula is C40H54N4O5S. The average molecular weight is 703 g/mol. The monoisotopic (exact) mass is 702 g/mol. The van der Waals surface area contributed by atoms with Crippen LogP contribution < -0.4 is 19.4 Å². The number of unbranched alkanes of at least 4 members (excludes halogenated alkanes) is 2. The molecule has 3 amide bonds. The van der Waals surface area contributed by atoms with Crippen LogP contribution in [-0.2, 0) is 14.4 Å². The molecule has 3 heterocycles. The van der Waals surface area contributed by atoms with Crippen LogP contribution in [-0.4, -0.2) is 89.7 Å². The van der Waals surface area contributed by atoms with Gasteiger partial charge < -0.3 is 29.4 Å². The van der Waals surface area contributed by atoms with Crippen LogP contribution in [0.25, 0.3) is 0 Å². The molecule has 270 valence electrons. The lowest BCUT2D eigenvalue weighted by molar-refractivity contribution is -0.139. The molecule has 10 heteroatoms. The van der Waals surface area contributed by atoms with Gasteiger partial charge in [0, 0.05) is 61.6 Å². The summed E-state index contributed by atoms with van der Waals surface area (Å²) in [4.78, 5) is 52.2. The highest BCUT2D eigenvalue weighted by Gasteiger charge is 2.76. The third-order valence-electron chi connectivity index (χ3n) is 10.7. The van der Waals surface area contributed by atoms with Crippen molar-refractivity contribution < 1.29 is 24.2 Å². The normalized spacial score (nSPS) is 24.9. The minimum atomic E-state index is -0.755. The molecule has 0 aliphatic carbocycles. The second-order valence-electron chi connectivity index (χ2n) is 13.5. The van der Waals surface area contributed by atoms with E-state index in [0.29, 0.717) is 39.1 Å². The highest BCUT2D eigenvalue weighted by Crippen LogP contribution is 2.69. The van der Waals surface area contributed by atoms with Gasteiger partial charge in [-0.25, -0.2) is 0 Å². The van der Waals surface area contributed by atoms with Gasteiger partial charge in [-0.2, -0.15) is 0 Å². The summed E-state index contributed by atoms with van der Waals surface area (Å²) in [5.41, 5.74) is 2.56. The first-order valence-corrected chi connectivity index (χ1v) is 19.1. The van der Waals surface area contributed by atoms with Crippen molar-refractivity contribution in [2.45, 2.75) is 69.4 Å². The number of hydrogen-bond donors (Lipinski definition) is 1. The Morgan fingerprint density at radius 1 is 0.920 bits per heavy atom. The first-order chi connectivity index (χ1) is 24.2. The van der Waals surface area contributed by atoms with Crippen molar-refractivity contribution in [3.63, 3.8) is 0 Å². The summed E-state index contributed by atoms with van der Waals surface area (Å²) < 4.78 is 4.88. The molecule has 9 nitrogen and oxygen atoms in total. The Balaban J connectivity index is 1.54. The Hall–Kier alpha value is -3.76. The number of rotatable bonds is 18. The van der Waals surface area contributed by atoms with Gasteiger partial charge in [-0.15, -0.1) is 24.9 Å². The van der Waals surface area contributed by atoms with Gasteiger partial charge in [0.1, 0.15) is 11.8 Å². The first-order valence-electron chi connectivity index (χ1n) is 18.2. The Labute approximate surface area is 302 Å². The summed E-state index contributed by atoms with van der Waals surface area (Å²) in [7, 11) is 0. The van der Waals surface area contributed by atoms with E-state index >= 15 is 4.79 Å². The number of nitrogens with zero attached hydrogens (tertiary/aromatic N) is 4. The lowest BCUT2D eigenvalue weighted by Gasteiger charge is -2.41. The predicted molar refractivity (Wildman–Crippen MR) is 204 cm³/mol. The third kappa shape index (κ3) is 6.81. The Kier molecular flexibility index (Phi) is 12.4. The quantitative estimate of drug-likeness (QED) is 0.147. The van der Waals surface area contributed by atoms with Crippen molar-refractivity contribution in [1.29, 1.82) is 0 Å². The zero-order chi connectivity index (χ0) is 36.0. The number of thioether (sulfide) groups is 1. The highest BCUT2D eigenvalue weighted by molar-refractivity contribution is 8.02. The van der Waals surface area contributed by atoms with Gasteiger partial charge in [0.05, 0.1) is 23.2 Å². The molecule has 2 aromatic carbocycles. The Morgan fingerprint density at radius 3 is 2.06 bits per heavy atom. The fraction of sp³-hybridized carbons (Fsp3) is 0.525. The standard InChI is InChI=1S/C40H54N4O5S/c1-7-23-42(31-19-21-32(22-20-31)49-11-5)37(46)34-33-27-28(6)40(50-33)35(34)38(47)44(25-13-12-14-26-45)36(40)39(48)43(24-8-2)30-17-15-29(16-18-30)41(9-3)10-4/h7-8,15-22,28,33-36,45H,1-2,9-14,23-27H2,3-6H3/t28?,33-,34+,35+,36?,40?/m1/s1. The van der Waals surface area contributed by atoms with Crippen LogP contribution in [0.2, 0.25) is 0 Å². The molecule has 2 aromatic rings. The maximum atomic E-state index is 15.1. The van der Waals surface area contributed by atoms with E-state index in [1.165, 1.54) is 0 Å². The number of likely N-dealkylation sites (tertiary alicyclic amines) is 1.